The Bertz CT molecular complexity index is 431. The van der Waals surface area contributed by atoms with E-state index in [9.17, 15) is 9.18 Å². The third kappa shape index (κ3) is 3.20. The number of benzene rings is 1. The van der Waals surface area contributed by atoms with E-state index < -0.39 is 5.82 Å². The molecule has 0 aromatic heterocycles. The van der Waals surface area contributed by atoms with Crippen molar-refractivity contribution in [3.8, 4) is 0 Å². The molecule has 98 valence electrons. The van der Waals surface area contributed by atoms with Gasteiger partial charge >= 0.3 is 0 Å². The first-order chi connectivity index (χ1) is 8.66. The summed E-state index contributed by atoms with van der Waals surface area (Å²) >= 11 is 0. The molecule has 4 nitrogen and oxygen atoms in total. The predicted octanol–water partition coefficient (Wildman–Crippen LogP) is 1.56. The van der Waals surface area contributed by atoms with Gasteiger partial charge in [0.2, 0.25) is 0 Å². The predicted molar refractivity (Wildman–Crippen MR) is 66.7 cm³/mol. The number of carbonyl (C=O) groups excluding carboxylic acids is 1. The molecule has 0 saturated carbocycles. The lowest BCUT2D eigenvalue weighted by Crippen LogP contribution is -2.32. The van der Waals surface area contributed by atoms with Gasteiger partial charge in [-0.25, -0.2) is 4.39 Å². The Kier molecular flexibility index (Phi) is 4.15. The summed E-state index contributed by atoms with van der Waals surface area (Å²) in [5, 5.41) is 2.84. The second-order valence-corrected chi connectivity index (χ2v) is 4.50. The number of nitrogens with two attached hydrogens (primary N) is 1. The van der Waals surface area contributed by atoms with Gasteiger partial charge in [-0.1, -0.05) is 0 Å². The number of rotatable bonds is 3. The number of carbonyl (C=O) groups is 1. The molecule has 0 atom stereocenters. The molecular weight excluding hydrogens is 235 g/mol. The van der Waals surface area contributed by atoms with Crippen LogP contribution in [0.4, 0.5) is 10.1 Å². The van der Waals surface area contributed by atoms with E-state index in [0.717, 1.165) is 26.1 Å². The molecule has 0 spiro atoms. The molecule has 0 bridgehead atoms. The maximum atomic E-state index is 13.0. The Labute approximate surface area is 105 Å². The second-order valence-electron chi connectivity index (χ2n) is 4.50. The molecular formula is C13H17FN2O2. The summed E-state index contributed by atoms with van der Waals surface area (Å²) in [7, 11) is 0. The van der Waals surface area contributed by atoms with Crippen molar-refractivity contribution in [1.29, 1.82) is 0 Å². The van der Waals surface area contributed by atoms with Crippen molar-refractivity contribution in [1.82, 2.24) is 5.32 Å². The average Bonchev–Trinajstić information content (AvgIpc) is 2.40. The number of halogens is 1. The summed E-state index contributed by atoms with van der Waals surface area (Å²) in [6.07, 6.45) is 1.93. The fraction of sp³-hybridized carbons (Fsp3) is 0.462. The highest BCUT2D eigenvalue weighted by atomic mass is 19.1. The lowest BCUT2D eigenvalue weighted by Gasteiger charge is -2.22. The van der Waals surface area contributed by atoms with Crippen LogP contribution < -0.4 is 11.1 Å². The quantitative estimate of drug-likeness (QED) is 0.802. The van der Waals surface area contributed by atoms with Crippen LogP contribution >= 0.6 is 0 Å². The van der Waals surface area contributed by atoms with Crippen LogP contribution in [0.3, 0.4) is 0 Å². The van der Waals surface area contributed by atoms with Crippen molar-refractivity contribution < 1.29 is 13.9 Å². The van der Waals surface area contributed by atoms with Gasteiger partial charge in [-0.3, -0.25) is 4.79 Å². The number of hydrogen-bond donors (Lipinski definition) is 2. The summed E-state index contributed by atoms with van der Waals surface area (Å²) in [4.78, 5) is 11.8. The highest BCUT2D eigenvalue weighted by molar-refractivity contribution is 5.95. The fourth-order valence-electron chi connectivity index (χ4n) is 1.97. The molecule has 1 aromatic carbocycles. The van der Waals surface area contributed by atoms with Crippen LogP contribution in [0.15, 0.2) is 18.2 Å². The van der Waals surface area contributed by atoms with Gasteiger partial charge in [0.1, 0.15) is 5.82 Å². The van der Waals surface area contributed by atoms with Crippen LogP contribution in [0.2, 0.25) is 0 Å². The number of ether oxygens (including phenoxy) is 1. The van der Waals surface area contributed by atoms with E-state index in [2.05, 4.69) is 5.32 Å². The first-order valence-electron chi connectivity index (χ1n) is 6.08. The third-order valence-corrected chi connectivity index (χ3v) is 3.15. The standard InChI is InChI=1S/C13H17FN2O2/c14-11-2-1-10(7-12(11)15)13(17)16-8-9-3-5-18-6-4-9/h1-2,7,9H,3-6,8,15H2,(H,16,17). The molecule has 0 unspecified atom stereocenters. The van der Waals surface area contributed by atoms with Gasteiger partial charge in [0, 0.05) is 25.3 Å². The van der Waals surface area contributed by atoms with Crippen molar-refractivity contribution in [3.05, 3.63) is 29.6 Å². The molecule has 2 rings (SSSR count). The monoisotopic (exact) mass is 252 g/mol. The van der Waals surface area contributed by atoms with Crippen molar-refractivity contribution >= 4 is 11.6 Å². The Hall–Kier alpha value is -1.62. The molecule has 0 aliphatic carbocycles. The normalized spacial score (nSPS) is 16.5. The van der Waals surface area contributed by atoms with E-state index in [1.54, 1.807) is 0 Å². The third-order valence-electron chi connectivity index (χ3n) is 3.15. The first-order valence-corrected chi connectivity index (χ1v) is 6.08. The Balaban J connectivity index is 1.88. The summed E-state index contributed by atoms with van der Waals surface area (Å²) in [6.45, 7) is 2.13. The van der Waals surface area contributed by atoms with Gasteiger partial charge in [-0.05, 0) is 37.0 Å². The van der Waals surface area contributed by atoms with Crippen LogP contribution in [-0.2, 0) is 4.74 Å². The highest BCUT2D eigenvalue weighted by Gasteiger charge is 2.15. The zero-order valence-corrected chi connectivity index (χ0v) is 10.1. The highest BCUT2D eigenvalue weighted by Crippen LogP contribution is 2.15. The van der Waals surface area contributed by atoms with Crippen LogP contribution in [0, 0.1) is 11.7 Å². The van der Waals surface area contributed by atoms with Crippen molar-refractivity contribution in [2.24, 2.45) is 5.92 Å². The van der Waals surface area contributed by atoms with Crippen LogP contribution in [-0.4, -0.2) is 25.7 Å². The minimum atomic E-state index is -0.504. The van der Waals surface area contributed by atoms with Gasteiger partial charge in [-0.15, -0.1) is 0 Å². The summed E-state index contributed by atoms with van der Waals surface area (Å²) in [5.41, 5.74) is 5.81. The molecule has 18 heavy (non-hydrogen) atoms. The van der Waals surface area contributed by atoms with Gasteiger partial charge in [-0.2, -0.15) is 0 Å². The second kappa shape index (κ2) is 5.82. The molecule has 1 aliphatic rings. The SMILES string of the molecule is Nc1cc(C(=O)NCC2CCOCC2)ccc1F. The average molecular weight is 252 g/mol. The molecule has 1 fully saturated rings. The Morgan fingerprint density at radius 1 is 1.44 bits per heavy atom. The molecule has 1 aromatic rings. The van der Waals surface area contributed by atoms with E-state index in [4.69, 9.17) is 10.5 Å². The minimum Gasteiger partial charge on any atom is -0.396 e. The molecule has 3 N–H and O–H groups in total. The molecule has 1 amide bonds. The number of nitrogen functional groups attached to an aromatic ring is 1. The van der Waals surface area contributed by atoms with Crippen molar-refractivity contribution in [2.45, 2.75) is 12.8 Å². The van der Waals surface area contributed by atoms with Gasteiger partial charge in [0.25, 0.3) is 5.91 Å². The van der Waals surface area contributed by atoms with E-state index in [1.807, 2.05) is 0 Å². The molecule has 1 aliphatic heterocycles. The molecule has 0 radical (unpaired) electrons. The zero-order chi connectivity index (χ0) is 13.0. The lowest BCUT2D eigenvalue weighted by atomic mass is 10.0. The van der Waals surface area contributed by atoms with Crippen molar-refractivity contribution in [2.75, 3.05) is 25.5 Å². The Morgan fingerprint density at radius 3 is 2.83 bits per heavy atom. The Morgan fingerprint density at radius 2 is 2.17 bits per heavy atom. The van der Waals surface area contributed by atoms with Gasteiger partial charge < -0.3 is 15.8 Å². The van der Waals surface area contributed by atoms with E-state index >= 15 is 0 Å². The van der Waals surface area contributed by atoms with E-state index in [1.165, 1.54) is 18.2 Å². The summed E-state index contributed by atoms with van der Waals surface area (Å²) < 4.78 is 18.2. The topological polar surface area (TPSA) is 64.4 Å². The summed E-state index contributed by atoms with van der Waals surface area (Å²) in [5.74, 6) is -0.260. The van der Waals surface area contributed by atoms with Crippen LogP contribution in [0.25, 0.3) is 0 Å². The van der Waals surface area contributed by atoms with Crippen LogP contribution in [0.5, 0.6) is 0 Å². The number of anilines is 1. The molecule has 5 heteroatoms. The first kappa shape index (κ1) is 12.8. The number of amides is 1. The minimum absolute atomic E-state index is 0.00582. The van der Waals surface area contributed by atoms with E-state index in [-0.39, 0.29) is 11.6 Å². The zero-order valence-electron chi connectivity index (χ0n) is 10.1. The smallest absolute Gasteiger partial charge is 0.251 e. The molecule has 1 saturated heterocycles. The number of hydrogen-bond acceptors (Lipinski definition) is 3. The largest absolute Gasteiger partial charge is 0.396 e. The maximum absolute atomic E-state index is 13.0. The summed E-state index contributed by atoms with van der Waals surface area (Å²) in [6, 6.07) is 4.00. The van der Waals surface area contributed by atoms with E-state index in [0.29, 0.717) is 18.0 Å². The lowest BCUT2D eigenvalue weighted by molar-refractivity contribution is 0.0642. The number of nitrogens with one attached hydrogen (secondary N) is 1. The fourth-order valence-corrected chi connectivity index (χ4v) is 1.97. The van der Waals surface area contributed by atoms with Crippen molar-refractivity contribution in [3.63, 3.8) is 0 Å². The van der Waals surface area contributed by atoms with Crippen LogP contribution in [0.1, 0.15) is 23.2 Å². The maximum Gasteiger partial charge on any atom is 0.251 e. The van der Waals surface area contributed by atoms with Gasteiger partial charge in [0.05, 0.1) is 5.69 Å². The molecule has 1 heterocycles. The van der Waals surface area contributed by atoms with Gasteiger partial charge in [0.15, 0.2) is 0 Å².